The molecule has 2 heteroatoms. The van der Waals surface area contributed by atoms with Gasteiger partial charge in [0.05, 0.1) is 0 Å². The summed E-state index contributed by atoms with van der Waals surface area (Å²) in [5, 5.41) is 3.67. The Morgan fingerprint density at radius 1 is 1.00 bits per heavy atom. The van der Waals surface area contributed by atoms with E-state index in [9.17, 15) is 0 Å². The van der Waals surface area contributed by atoms with Crippen LogP contribution in [0.3, 0.4) is 0 Å². The van der Waals surface area contributed by atoms with Gasteiger partial charge < -0.3 is 5.32 Å². The average Bonchev–Trinajstić information content (AvgIpc) is 2.71. The number of hydrogen-bond donors (Lipinski definition) is 1. The molecular weight excluding hydrogens is 244 g/mol. The fourth-order valence-electron chi connectivity index (χ4n) is 4.42. The van der Waals surface area contributed by atoms with Gasteiger partial charge >= 0.3 is 0 Å². The molecular formula is C18H36N2. The van der Waals surface area contributed by atoms with Crippen LogP contribution in [0.15, 0.2) is 0 Å². The Labute approximate surface area is 126 Å². The van der Waals surface area contributed by atoms with Gasteiger partial charge in [-0.05, 0) is 50.6 Å². The molecule has 2 rings (SSSR count). The summed E-state index contributed by atoms with van der Waals surface area (Å²) >= 11 is 0. The van der Waals surface area contributed by atoms with Gasteiger partial charge in [-0.2, -0.15) is 0 Å². The minimum Gasteiger partial charge on any atom is -0.316 e. The van der Waals surface area contributed by atoms with Crippen LogP contribution < -0.4 is 5.32 Å². The molecule has 0 aromatic rings. The predicted molar refractivity (Wildman–Crippen MR) is 88.2 cm³/mol. The van der Waals surface area contributed by atoms with Crippen LogP contribution in [0.4, 0.5) is 0 Å². The predicted octanol–water partition coefficient (Wildman–Crippen LogP) is 4.20. The number of hydrogen-bond acceptors (Lipinski definition) is 2. The number of nitrogens with one attached hydrogen (secondary N) is 1. The van der Waals surface area contributed by atoms with Gasteiger partial charge in [0.25, 0.3) is 0 Å². The Balaban J connectivity index is 2.00. The molecule has 0 aromatic carbocycles. The van der Waals surface area contributed by atoms with Gasteiger partial charge in [0.15, 0.2) is 0 Å². The number of rotatable bonds is 6. The van der Waals surface area contributed by atoms with Crippen molar-refractivity contribution in [2.75, 3.05) is 26.2 Å². The summed E-state index contributed by atoms with van der Waals surface area (Å²) in [5.41, 5.74) is 0.575. The standard InChI is InChI=1S/C18H36N2/c1-3-17-11-7-5-10-14-20(17)16-18(15-19-4-2)12-8-6-9-13-18/h17,19H,3-16H2,1-2H3. The maximum absolute atomic E-state index is 3.67. The van der Waals surface area contributed by atoms with Crippen LogP contribution in [-0.2, 0) is 0 Å². The van der Waals surface area contributed by atoms with Gasteiger partial charge in [-0.3, -0.25) is 4.90 Å². The van der Waals surface area contributed by atoms with Crippen molar-refractivity contribution in [3.63, 3.8) is 0 Å². The third-order valence-corrected chi connectivity index (χ3v) is 5.67. The molecule has 1 aliphatic carbocycles. The topological polar surface area (TPSA) is 15.3 Å². The zero-order valence-corrected chi connectivity index (χ0v) is 13.9. The third-order valence-electron chi connectivity index (χ3n) is 5.67. The highest BCUT2D eigenvalue weighted by Crippen LogP contribution is 2.38. The summed E-state index contributed by atoms with van der Waals surface area (Å²) in [7, 11) is 0. The Morgan fingerprint density at radius 3 is 2.45 bits per heavy atom. The van der Waals surface area contributed by atoms with E-state index in [1.165, 1.54) is 83.8 Å². The van der Waals surface area contributed by atoms with E-state index in [0.717, 1.165) is 12.6 Å². The van der Waals surface area contributed by atoms with E-state index in [1.807, 2.05) is 0 Å². The highest BCUT2D eigenvalue weighted by atomic mass is 15.2. The second kappa shape index (κ2) is 8.38. The van der Waals surface area contributed by atoms with Crippen molar-refractivity contribution in [3.8, 4) is 0 Å². The van der Waals surface area contributed by atoms with Crippen LogP contribution in [-0.4, -0.2) is 37.1 Å². The quantitative estimate of drug-likeness (QED) is 0.784. The maximum atomic E-state index is 3.67. The molecule has 0 bridgehead atoms. The normalized spacial score (nSPS) is 28.2. The van der Waals surface area contributed by atoms with Crippen molar-refractivity contribution >= 4 is 0 Å². The van der Waals surface area contributed by atoms with Crippen LogP contribution in [0.5, 0.6) is 0 Å². The molecule has 2 aliphatic rings. The Hall–Kier alpha value is -0.0800. The number of likely N-dealkylation sites (tertiary alicyclic amines) is 1. The van der Waals surface area contributed by atoms with Crippen molar-refractivity contribution in [2.45, 2.75) is 84.1 Å². The Kier molecular flexibility index (Phi) is 6.83. The fourth-order valence-corrected chi connectivity index (χ4v) is 4.42. The molecule has 0 spiro atoms. The summed E-state index contributed by atoms with van der Waals surface area (Å²) < 4.78 is 0. The van der Waals surface area contributed by atoms with E-state index < -0.39 is 0 Å². The monoisotopic (exact) mass is 280 g/mol. The molecule has 1 heterocycles. The lowest BCUT2D eigenvalue weighted by molar-refractivity contribution is 0.0745. The number of nitrogens with zero attached hydrogens (tertiary/aromatic N) is 1. The molecule has 1 unspecified atom stereocenters. The molecule has 1 saturated carbocycles. The molecule has 1 atom stereocenters. The first-order valence-electron chi connectivity index (χ1n) is 9.24. The van der Waals surface area contributed by atoms with E-state index in [4.69, 9.17) is 0 Å². The SMILES string of the molecule is CCNCC1(CN2CCCCCC2CC)CCCCC1. The van der Waals surface area contributed by atoms with Gasteiger partial charge in [0.2, 0.25) is 0 Å². The molecule has 1 aliphatic heterocycles. The highest BCUT2D eigenvalue weighted by Gasteiger charge is 2.35. The lowest BCUT2D eigenvalue weighted by Crippen LogP contribution is -2.48. The molecule has 0 radical (unpaired) electrons. The van der Waals surface area contributed by atoms with Gasteiger partial charge in [0, 0.05) is 19.1 Å². The van der Waals surface area contributed by atoms with E-state index >= 15 is 0 Å². The molecule has 20 heavy (non-hydrogen) atoms. The van der Waals surface area contributed by atoms with Crippen molar-refractivity contribution < 1.29 is 0 Å². The van der Waals surface area contributed by atoms with Gasteiger partial charge in [0.1, 0.15) is 0 Å². The molecule has 0 aromatic heterocycles. The lowest BCUT2D eigenvalue weighted by Gasteiger charge is -2.43. The molecule has 0 amide bonds. The molecule has 118 valence electrons. The minimum absolute atomic E-state index is 0.575. The summed E-state index contributed by atoms with van der Waals surface area (Å²) in [5.74, 6) is 0. The highest BCUT2D eigenvalue weighted by molar-refractivity contribution is 4.90. The van der Waals surface area contributed by atoms with E-state index in [-0.39, 0.29) is 0 Å². The van der Waals surface area contributed by atoms with E-state index in [0.29, 0.717) is 5.41 Å². The summed E-state index contributed by atoms with van der Waals surface area (Å²) in [6.45, 7) is 9.72. The lowest BCUT2D eigenvalue weighted by atomic mass is 9.73. The summed E-state index contributed by atoms with van der Waals surface area (Å²) in [4.78, 5) is 2.87. The third kappa shape index (κ3) is 4.46. The largest absolute Gasteiger partial charge is 0.316 e. The second-order valence-electron chi connectivity index (χ2n) is 7.22. The molecule has 1 N–H and O–H groups in total. The zero-order chi connectivity index (χ0) is 14.3. The maximum Gasteiger partial charge on any atom is 0.00928 e. The van der Waals surface area contributed by atoms with Crippen LogP contribution >= 0.6 is 0 Å². The van der Waals surface area contributed by atoms with Crippen LogP contribution in [0, 0.1) is 5.41 Å². The molecule has 2 fully saturated rings. The van der Waals surface area contributed by atoms with Crippen molar-refractivity contribution in [2.24, 2.45) is 5.41 Å². The first-order valence-corrected chi connectivity index (χ1v) is 9.24. The van der Waals surface area contributed by atoms with Crippen LogP contribution in [0.2, 0.25) is 0 Å². The van der Waals surface area contributed by atoms with Crippen molar-refractivity contribution in [3.05, 3.63) is 0 Å². The van der Waals surface area contributed by atoms with Crippen LogP contribution in [0.25, 0.3) is 0 Å². The summed E-state index contributed by atoms with van der Waals surface area (Å²) in [6.07, 6.45) is 14.4. The van der Waals surface area contributed by atoms with Crippen LogP contribution in [0.1, 0.15) is 78.1 Å². The molecule has 2 nitrogen and oxygen atoms in total. The van der Waals surface area contributed by atoms with Crippen molar-refractivity contribution in [1.29, 1.82) is 0 Å². The first kappa shape index (κ1) is 16.3. The smallest absolute Gasteiger partial charge is 0.00928 e. The van der Waals surface area contributed by atoms with Gasteiger partial charge in [-0.1, -0.05) is 46.0 Å². The average molecular weight is 280 g/mol. The van der Waals surface area contributed by atoms with Gasteiger partial charge in [-0.15, -0.1) is 0 Å². The first-order chi connectivity index (χ1) is 9.79. The summed E-state index contributed by atoms with van der Waals surface area (Å²) in [6, 6.07) is 0.859. The Bertz CT molecular complexity index is 258. The fraction of sp³-hybridized carbons (Fsp3) is 1.00. The van der Waals surface area contributed by atoms with E-state index in [2.05, 4.69) is 24.1 Å². The Morgan fingerprint density at radius 2 is 1.75 bits per heavy atom. The van der Waals surface area contributed by atoms with Gasteiger partial charge in [-0.25, -0.2) is 0 Å². The van der Waals surface area contributed by atoms with Crippen molar-refractivity contribution in [1.82, 2.24) is 10.2 Å². The zero-order valence-electron chi connectivity index (χ0n) is 13.9. The molecule has 1 saturated heterocycles. The minimum atomic E-state index is 0.575. The second-order valence-corrected chi connectivity index (χ2v) is 7.22. The van der Waals surface area contributed by atoms with E-state index in [1.54, 1.807) is 0 Å².